The van der Waals surface area contributed by atoms with Crippen LogP contribution in [0.1, 0.15) is 5.56 Å². The molecule has 78 valence electrons. The quantitative estimate of drug-likeness (QED) is 0.906. The highest BCUT2D eigenvalue weighted by molar-refractivity contribution is 9.10. The number of hydrogen-bond donors (Lipinski definition) is 1. The highest BCUT2D eigenvalue weighted by Crippen LogP contribution is 2.18. The Balaban J connectivity index is 2.27. The normalized spacial score (nSPS) is 10.5. The molecule has 0 fully saturated rings. The van der Waals surface area contributed by atoms with Crippen molar-refractivity contribution in [1.82, 2.24) is 15.0 Å². The van der Waals surface area contributed by atoms with Crippen LogP contribution in [0.2, 0.25) is 0 Å². The van der Waals surface area contributed by atoms with Gasteiger partial charge in [0.05, 0.1) is 12.7 Å². The highest BCUT2D eigenvalue weighted by atomic mass is 79.9. The Labute approximate surface area is 94.0 Å². The summed E-state index contributed by atoms with van der Waals surface area (Å²) in [6.45, 7) is 0.433. The molecule has 15 heavy (non-hydrogen) atoms. The van der Waals surface area contributed by atoms with E-state index in [9.17, 15) is 4.39 Å². The van der Waals surface area contributed by atoms with Crippen molar-refractivity contribution in [3.8, 4) is 0 Å². The van der Waals surface area contributed by atoms with Crippen LogP contribution < -0.4 is 5.73 Å². The molecule has 1 aromatic carbocycles. The Morgan fingerprint density at radius 1 is 1.47 bits per heavy atom. The molecule has 0 atom stereocenters. The summed E-state index contributed by atoms with van der Waals surface area (Å²) in [5.41, 5.74) is 6.21. The summed E-state index contributed by atoms with van der Waals surface area (Å²) in [6, 6.07) is 4.50. The Bertz CT molecular complexity index is 483. The second-order valence-corrected chi connectivity index (χ2v) is 3.93. The SMILES string of the molecule is Nc1cn(Cc2cc(F)ccc2Br)nn1. The number of anilines is 1. The zero-order chi connectivity index (χ0) is 10.8. The van der Waals surface area contributed by atoms with Gasteiger partial charge in [-0.25, -0.2) is 9.07 Å². The van der Waals surface area contributed by atoms with E-state index in [-0.39, 0.29) is 5.82 Å². The van der Waals surface area contributed by atoms with E-state index in [1.807, 2.05) is 0 Å². The van der Waals surface area contributed by atoms with Crippen LogP contribution in [0.15, 0.2) is 28.9 Å². The molecule has 0 aliphatic carbocycles. The monoisotopic (exact) mass is 270 g/mol. The van der Waals surface area contributed by atoms with Gasteiger partial charge in [-0.2, -0.15) is 0 Å². The fourth-order valence-electron chi connectivity index (χ4n) is 1.23. The molecule has 0 aliphatic heterocycles. The van der Waals surface area contributed by atoms with Crippen molar-refractivity contribution >= 4 is 21.7 Å². The third-order valence-corrected chi connectivity index (χ3v) is 2.67. The van der Waals surface area contributed by atoms with Crippen molar-refractivity contribution in [2.45, 2.75) is 6.54 Å². The second kappa shape index (κ2) is 3.98. The van der Waals surface area contributed by atoms with Crippen LogP contribution in [0.4, 0.5) is 10.2 Å². The van der Waals surface area contributed by atoms with Crippen LogP contribution in [-0.2, 0) is 6.54 Å². The molecule has 6 heteroatoms. The van der Waals surface area contributed by atoms with Gasteiger partial charge in [-0.05, 0) is 23.8 Å². The van der Waals surface area contributed by atoms with E-state index in [1.54, 1.807) is 16.9 Å². The summed E-state index contributed by atoms with van der Waals surface area (Å²) in [5.74, 6) is 0.0730. The van der Waals surface area contributed by atoms with Gasteiger partial charge in [-0.15, -0.1) is 5.10 Å². The van der Waals surface area contributed by atoms with Crippen molar-refractivity contribution < 1.29 is 4.39 Å². The predicted molar refractivity (Wildman–Crippen MR) is 57.6 cm³/mol. The molecule has 2 aromatic rings. The Kier molecular flexibility index (Phi) is 2.68. The number of benzene rings is 1. The molecule has 1 aromatic heterocycles. The molecule has 0 bridgehead atoms. The lowest BCUT2D eigenvalue weighted by molar-refractivity contribution is 0.613. The van der Waals surface area contributed by atoms with E-state index in [0.29, 0.717) is 12.4 Å². The van der Waals surface area contributed by atoms with Crippen LogP contribution in [0.3, 0.4) is 0 Å². The molecular weight excluding hydrogens is 263 g/mol. The molecule has 0 amide bonds. The lowest BCUT2D eigenvalue weighted by Crippen LogP contribution is -2.01. The van der Waals surface area contributed by atoms with Gasteiger partial charge in [0.2, 0.25) is 0 Å². The maximum atomic E-state index is 13.0. The number of hydrogen-bond acceptors (Lipinski definition) is 3. The minimum Gasteiger partial charge on any atom is -0.381 e. The highest BCUT2D eigenvalue weighted by Gasteiger charge is 2.04. The summed E-state index contributed by atoms with van der Waals surface area (Å²) < 4.78 is 15.3. The third-order valence-electron chi connectivity index (χ3n) is 1.90. The minimum absolute atomic E-state index is 0.277. The average molecular weight is 271 g/mol. The number of nitrogen functional groups attached to an aromatic ring is 1. The lowest BCUT2D eigenvalue weighted by atomic mass is 10.2. The van der Waals surface area contributed by atoms with Crippen LogP contribution in [0.25, 0.3) is 0 Å². The second-order valence-electron chi connectivity index (χ2n) is 3.08. The van der Waals surface area contributed by atoms with Gasteiger partial charge in [-0.1, -0.05) is 21.1 Å². The number of rotatable bonds is 2. The van der Waals surface area contributed by atoms with Gasteiger partial charge in [0.1, 0.15) is 5.82 Å². The van der Waals surface area contributed by atoms with Gasteiger partial charge in [0.25, 0.3) is 0 Å². The molecule has 0 radical (unpaired) electrons. The zero-order valence-corrected chi connectivity index (χ0v) is 9.28. The standard InChI is InChI=1S/C9H8BrFN4/c10-8-2-1-7(11)3-6(8)4-15-5-9(12)13-14-15/h1-3,5H,4,12H2. The van der Waals surface area contributed by atoms with Gasteiger partial charge in [-0.3, -0.25) is 0 Å². The number of nitrogens with two attached hydrogens (primary N) is 1. The number of aromatic nitrogens is 3. The summed E-state index contributed by atoms with van der Waals surface area (Å²) >= 11 is 3.34. The Morgan fingerprint density at radius 2 is 2.27 bits per heavy atom. The van der Waals surface area contributed by atoms with E-state index in [0.717, 1.165) is 10.0 Å². The van der Waals surface area contributed by atoms with E-state index in [4.69, 9.17) is 5.73 Å². The molecule has 4 nitrogen and oxygen atoms in total. The maximum Gasteiger partial charge on any atom is 0.165 e. The first-order valence-corrected chi connectivity index (χ1v) is 5.04. The molecule has 1 heterocycles. The largest absolute Gasteiger partial charge is 0.381 e. The Morgan fingerprint density at radius 3 is 2.93 bits per heavy atom. The van der Waals surface area contributed by atoms with E-state index >= 15 is 0 Å². The molecule has 2 rings (SSSR count). The number of nitrogens with zero attached hydrogens (tertiary/aromatic N) is 3. The van der Waals surface area contributed by atoms with Crippen LogP contribution in [0.5, 0.6) is 0 Å². The molecule has 0 aliphatic rings. The zero-order valence-electron chi connectivity index (χ0n) is 7.69. The molecular formula is C9H8BrFN4. The van der Waals surface area contributed by atoms with E-state index in [2.05, 4.69) is 26.2 Å². The topological polar surface area (TPSA) is 56.7 Å². The van der Waals surface area contributed by atoms with Crippen LogP contribution in [-0.4, -0.2) is 15.0 Å². The fourth-order valence-corrected chi connectivity index (χ4v) is 1.60. The summed E-state index contributed by atoms with van der Waals surface area (Å²) in [4.78, 5) is 0. The molecule has 0 spiro atoms. The van der Waals surface area contributed by atoms with Gasteiger partial charge in [0.15, 0.2) is 5.82 Å². The first-order valence-electron chi connectivity index (χ1n) is 4.24. The van der Waals surface area contributed by atoms with Crippen molar-refractivity contribution in [3.63, 3.8) is 0 Å². The van der Waals surface area contributed by atoms with Gasteiger partial charge >= 0.3 is 0 Å². The van der Waals surface area contributed by atoms with Crippen LogP contribution >= 0.6 is 15.9 Å². The average Bonchev–Trinajstić information content (AvgIpc) is 2.58. The molecule has 2 N–H and O–H groups in total. The smallest absolute Gasteiger partial charge is 0.165 e. The molecule has 0 saturated heterocycles. The van der Waals surface area contributed by atoms with Gasteiger partial charge < -0.3 is 5.73 Å². The predicted octanol–water partition coefficient (Wildman–Crippen LogP) is 1.81. The van der Waals surface area contributed by atoms with Gasteiger partial charge in [0, 0.05) is 4.47 Å². The fraction of sp³-hybridized carbons (Fsp3) is 0.111. The first kappa shape index (κ1) is 10.1. The molecule has 0 unspecified atom stereocenters. The van der Waals surface area contributed by atoms with Crippen molar-refractivity contribution in [2.24, 2.45) is 0 Å². The maximum absolute atomic E-state index is 13.0. The summed E-state index contributed by atoms with van der Waals surface area (Å²) in [7, 11) is 0. The van der Waals surface area contributed by atoms with Crippen molar-refractivity contribution in [2.75, 3.05) is 5.73 Å². The van der Waals surface area contributed by atoms with Crippen molar-refractivity contribution in [1.29, 1.82) is 0 Å². The third kappa shape index (κ3) is 2.33. The lowest BCUT2D eigenvalue weighted by Gasteiger charge is -2.03. The van der Waals surface area contributed by atoms with Crippen molar-refractivity contribution in [3.05, 3.63) is 40.2 Å². The van der Waals surface area contributed by atoms with E-state index < -0.39 is 0 Å². The van der Waals surface area contributed by atoms with E-state index in [1.165, 1.54) is 12.1 Å². The summed E-state index contributed by atoms with van der Waals surface area (Å²) in [5, 5.41) is 7.43. The number of halogens is 2. The molecule has 0 saturated carbocycles. The summed E-state index contributed by atoms with van der Waals surface area (Å²) in [6.07, 6.45) is 1.59. The van der Waals surface area contributed by atoms with Crippen LogP contribution in [0, 0.1) is 5.82 Å². The minimum atomic E-state index is -0.277. The Hall–Kier alpha value is -1.43. The first-order chi connectivity index (χ1) is 7.15.